The Kier molecular flexibility index (Phi) is 1.96. The number of fused-ring (bicyclic) bond motifs is 1. The summed E-state index contributed by atoms with van der Waals surface area (Å²) < 4.78 is 0. The fourth-order valence-corrected chi connectivity index (χ4v) is 1.41. The van der Waals surface area contributed by atoms with Crippen LogP contribution < -0.4 is 0 Å². The number of Topliss-reactive ketones (excluding diaryl/α,β-unsaturated/α-hetero) is 1. The van der Waals surface area contributed by atoms with Gasteiger partial charge in [-0.15, -0.1) is 0 Å². The second-order valence-electron chi connectivity index (χ2n) is 3.14. The van der Waals surface area contributed by atoms with E-state index in [2.05, 4.69) is 10.2 Å². The molecule has 6 heteroatoms. The lowest BCUT2D eigenvalue weighted by atomic mass is 10.1. The maximum atomic E-state index is 11.2. The van der Waals surface area contributed by atoms with Crippen molar-refractivity contribution in [1.82, 2.24) is 10.2 Å². The summed E-state index contributed by atoms with van der Waals surface area (Å²) in [5.74, 6) is -0.335. The zero-order valence-electron chi connectivity index (χ0n) is 7.85. The Morgan fingerprint density at radius 2 is 2.27 bits per heavy atom. The predicted molar refractivity (Wildman–Crippen MR) is 52.8 cm³/mol. The van der Waals surface area contributed by atoms with Gasteiger partial charge in [-0.1, -0.05) is 0 Å². The summed E-state index contributed by atoms with van der Waals surface area (Å²) in [7, 11) is 0. The molecule has 0 fully saturated rings. The number of nitro groups is 1. The maximum Gasteiger partial charge on any atom is 0.280 e. The van der Waals surface area contributed by atoms with Crippen molar-refractivity contribution >= 4 is 22.4 Å². The molecule has 2 rings (SSSR count). The highest BCUT2D eigenvalue weighted by molar-refractivity contribution is 6.02. The Hall–Kier alpha value is -2.24. The van der Waals surface area contributed by atoms with Crippen LogP contribution in [0.1, 0.15) is 17.3 Å². The van der Waals surface area contributed by atoms with Gasteiger partial charge in [-0.25, -0.2) is 0 Å². The molecular weight excluding hydrogens is 198 g/mol. The van der Waals surface area contributed by atoms with Crippen LogP contribution in [0.5, 0.6) is 0 Å². The van der Waals surface area contributed by atoms with Crippen LogP contribution in [0.3, 0.4) is 0 Å². The molecule has 0 amide bonds. The smallest absolute Gasteiger partial charge is 0.280 e. The van der Waals surface area contributed by atoms with Crippen molar-refractivity contribution in [2.75, 3.05) is 0 Å². The lowest BCUT2D eigenvalue weighted by molar-refractivity contribution is -0.385. The summed E-state index contributed by atoms with van der Waals surface area (Å²) in [5, 5.41) is 17.7. The number of hydrogen-bond donors (Lipinski definition) is 1. The summed E-state index contributed by atoms with van der Waals surface area (Å²) in [5.41, 5.74) is 0.527. The number of nitrogens with one attached hydrogen (secondary N) is 1. The first kappa shape index (κ1) is 9.32. The first-order chi connectivity index (χ1) is 7.09. The third-order valence-corrected chi connectivity index (χ3v) is 2.13. The molecule has 0 aliphatic rings. The van der Waals surface area contributed by atoms with E-state index >= 15 is 0 Å². The van der Waals surface area contributed by atoms with Crippen LogP contribution in [0.4, 0.5) is 5.69 Å². The highest BCUT2D eigenvalue weighted by atomic mass is 16.6. The zero-order valence-corrected chi connectivity index (χ0v) is 7.85. The van der Waals surface area contributed by atoms with Gasteiger partial charge in [0, 0.05) is 11.5 Å². The number of hydrogen-bond acceptors (Lipinski definition) is 4. The lowest BCUT2D eigenvalue weighted by Crippen LogP contribution is -1.99. The van der Waals surface area contributed by atoms with E-state index in [1.807, 2.05) is 0 Å². The number of aromatic nitrogens is 2. The number of rotatable bonds is 2. The monoisotopic (exact) mass is 205 g/mol. The van der Waals surface area contributed by atoms with Gasteiger partial charge in [0.05, 0.1) is 22.2 Å². The summed E-state index contributed by atoms with van der Waals surface area (Å²) in [4.78, 5) is 21.3. The number of H-pyrrole nitrogens is 1. The largest absolute Gasteiger partial charge is 0.294 e. The number of nitro benzene ring substituents is 1. The van der Waals surface area contributed by atoms with E-state index in [4.69, 9.17) is 0 Å². The molecule has 0 saturated heterocycles. The van der Waals surface area contributed by atoms with Gasteiger partial charge in [-0.05, 0) is 13.0 Å². The van der Waals surface area contributed by atoms with E-state index in [9.17, 15) is 14.9 Å². The van der Waals surface area contributed by atoms with E-state index in [-0.39, 0.29) is 17.0 Å². The second-order valence-corrected chi connectivity index (χ2v) is 3.14. The van der Waals surface area contributed by atoms with Crippen LogP contribution in [0.25, 0.3) is 10.9 Å². The quantitative estimate of drug-likeness (QED) is 0.458. The molecule has 0 spiro atoms. The Morgan fingerprint density at radius 1 is 1.53 bits per heavy atom. The van der Waals surface area contributed by atoms with Crippen molar-refractivity contribution in [3.63, 3.8) is 0 Å². The third-order valence-electron chi connectivity index (χ3n) is 2.13. The van der Waals surface area contributed by atoms with Crippen LogP contribution in [0, 0.1) is 10.1 Å². The zero-order chi connectivity index (χ0) is 11.0. The minimum absolute atomic E-state index is 0.0942. The summed E-state index contributed by atoms with van der Waals surface area (Å²) in [6.07, 6.45) is 1.48. The first-order valence-corrected chi connectivity index (χ1v) is 4.22. The second kappa shape index (κ2) is 3.16. The van der Waals surface area contributed by atoms with Crippen molar-refractivity contribution in [2.45, 2.75) is 6.92 Å². The van der Waals surface area contributed by atoms with Crippen LogP contribution >= 0.6 is 0 Å². The van der Waals surface area contributed by atoms with Gasteiger partial charge < -0.3 is 0 Å². The van der Waals surface area contributed by atoms with Gasteiger partial charge in [-0.2, -0.15) is 5.10 Å². The average molecular weight is 205 g/mol. The molecule has 1 heterocycles. The average Bonchev–Trinajstić information content (AvgIpc) is 2.61. The molecule has 76 valence electrons. The SMILES string of the molecule is CC(=O)c1cc2[nH]ncc2cc1[N+](=O)[O-]. The Morgan fingerprint density at radius 3 is 2.87 bits per heavy atom. The molecule has 1 aromatic carbocycles. The molecule has 15 heavy (non-hydrogen) atoms. The van der Waals surface area contributed by atoms with Gasteiger partial charge in [0.25, 0.3) is 5.69 Å². The molecule has 0 aliphatic heterocycles. The van der Waals surface area contributed by atoms with E-state index in [0.29, 0.717) is 10.9 Å². The lowest BCUT2D eigenvalue weighted by Gasteiger charge is -1.98. The van der Waals surface area contributed by atoms with E-state index in [1.54, 1.807) is 0 Å². The van der Waals surface area contributed by atoms with Crippen LogP contribution in [0.2, 0.25) is 0 Å². The number of aromatic amines is 1. The van der Waals surface area contributed by atoms with Gasteiger partial charge in [0.15, 0.2) is 5.78 Å². The number of benzene rings is 1. The molecule has 1 aromatic heterocycles. The Labute approximate surface area is 84.1 Å². The van der Waals surface area contributed by atoms with Crippen molar-refractivity contribution in [3.05, 3.63) is 34.0 Å². The van der Waals surface area contributed by atoms with Gasteiger partial charge >= 0.3 is 0 Å². The molecular formula is C9H7N3O3. The predicted octanol–water partition coefficient (Wildman–Crippen LogP) is 1.67. The topological polar surface area (TPSA) is 88.9 Å². The fourth-order valence-electron chi connectivity index (χ4n) is 1.41. The van der Waals surface area contributed by atoms with Crippen LogP contribution in [-0.4, -0.2) is 20.9 Å². The first-order valence-electron chi connectivity index (χ1n) is 4.22. The molecule has 0 atom stereocenters. The third kappa shape index (κ3) is 1.45. The Bertz CT molecular complexity index is 511. The molecule has 0 unspecified atom stereocenters. The summed E-state index contributed by atoms with van der Waals surface area (Å²) in [6.45, 7) is 1.30. The summed E-state index contributed by atoms with van der Waals surface area (Å²) in [6, 6.07) is 2.79. The van der Waals surface area contributed by atoms with Gasteiger partial charge in [0.1, 0.15) is 0 Å². The van der Waals surface area contributed by atoms with Crippen molar-refractivity contribution in [2.24, 2.45) is 0 Å². The standard InChI is InChI=1S/C9H7N3O3/c1-5(13)7-3-8-6(4-10-11-8)2-9(7)12(14)15/h2-4H,1H3,(H,10,11). The highest BCUT2D eigenvalue weighted by Crippen LogP contribution is 2.24. The number of carbonyl (C=O) groups excluding carboxylic acids is 1. The fraction of sp³-hybridized carbons (Fsp3) is 0.111. The molecule has 2 aromatic rings. The molecule has 1 N–H and O–H groups in total. The summed E-state index contributed by atoms with van der Waals surface area (Å²) >= 11 is 0. The van der Waals surface area contributed by atoms with Crippen molar-refractivity contribution in [3.8, 4) is 0 Å². The molecule has 0 aliphatic carbocycles. The van der Waals surface area contributed by atoms with Crippen molar-refractivity contribution in [1.29, 1.82) is 0 Å². The van der Waals surface area contributed by atoms with E-state index < -0.39 is 4.92 Å². The minimum atomic E-state index is -0.566. The minimum Gasteiger partial charge on any atom is -0.294 e. The van der Waals surface area contributed by atoms with Gasteiger partial charge in [-0.3, -0.25) is 20.0 Å². The van der Waals surface area contributed by atoms with Gasteiger partial charge in [0.2, 0.25) is 0 Å². The molecule has 0 radical (unpaired) electrons. The maximum absolute atomic E-state index is 11.2. The number of carbonyl (C=O) groups is 1. The van der Waals surface area contributed by atoms with Crippen molar-refractivity contribution < 1.29 is 9.72 Å². The highest BCUT2D eigenvalue weighted by Gasteiger charge is 2.18. The Balaban J connectivity index is 2.79. The number of ketones is 1. The van der Waals surface area contributed by atoms with E-state index in [0.717, 1.165) is 0 Å². The normalized spacial score (nSPS) is 10.5. The van der Waals surface area contributed by atoms with Crippen LogP contribution in [0.15, 0.2) is 18.3 Å². The van der Waals surface area contributed by atoms with Crippen LogP contribution in [-0.2, 0) is 0 Å². The van der Waals surface area contributed by atoms with E-state index in [1.165, 1.54) is 25.3 Å². The number of nitrogens with zero attached hydrogens (tertiary/aromatic N) is 2. The molecule has 0 bridgehead atoms. The molecule has 0 saturated carbocycles. The molecule has 6 nitrogen and oxygen atoms in total.